The van der Waals surface area contributed by atoms with Gasteiger partial charge in [0.15, 0.2) is 0 Å². The summed E-state index contributed by atoms with van der Waals surface area (Å²) in [5, 5.41) is 0.799. The third-order valence-electron chi connectivity index (χ3n) is 9.22. The van der Waals surface area contributed by atoms with Crippen LogP contribution in [0.3, 0.4) is 0 Å². The molecule has 4 rings (SSSR count). The topological polar surface area (TPSA) is 35.5 Å². The Kier molecular flexibility index (Phi) is 13.6. The highest BCUT2D eigenvalue weighted by Crippen LogP contribution is 2.52. The van der Waals surface area contributed by atoms with Crippen LogP contribution in [-0.4, -0.2) is 6.61 Å². The van der Waals surface area contributed by atoms with E-state index in [-0.39, 0.29) is 0 Å². The highest BCUT2D eigenvalue weighted by atomic mass is 31.2. The van der Waals surface area contributed by atoms with E-state index in [4.69, 9.17) is 9.05 Å². The highest BCUT2D eigenvalue weighted by Gasteiger charge is 2.35. The molecule has 1 atom stereocenters. The summed E-state index contributed by atoms with van der Waals surface area (Å²) in [6, 6.07) is 16.6. The molecule has 2 saturated carbocycles. The summed E-state index contributed by atoms with van der Waals surface area (Å²) in [6.45, 7) is 2.76. The first kappa shape index (κ1) is 31.4. The second-order valence-corrected chi connectivity index (χ2v) is 14.3. The lowest BCUT2D eigenvalue weighted by Crippen LogP contribution is -2.21. The Morgan fingerprint density at radius 2 is 1.12 bits per heavy atom. The van der Waals surface area contributed by atoms with E-state index in [0.29, 0.717) is 18.4 Å². The van der Waals surface area contributed by atoms with Gasteiger partial charge in [-0.1, -0.05) is 140 Å². The van der Waals surface area contributed by atoms with Gasteiger partial charge in [-0.3, -0.25) is 4.52 Å². The summed E-state index contributed by atoms with van der Waals surface area (Å²) in [6.07, 6.45) is 25.0. The summed E-state index contributed by atoms with van der Waals surface area (Å²) >= 11 is 0. The van der Waals surface area contributed by atoms with Gasteiger partial charge in [-0.05, 0) is 67.2 Å². The van der Waals surface area contributed by atoms with Crippen molar-refractivity contribution in [2.75, 3.05) is 6.61 Å². The van der Waals surface area contributed by atoms with Crippen LogP contribution in [0.1, 0.15) is 158 Å². The Bertz CT molecular complexity index is 1020. The van der Waals surface area contributed by atoms with E-state index in [1.807, 2.05) is 24.3 Å². The average molecular weight is 567 g/mol. The SMILES string of the molecule is CCCCCCCCCCCCOP(=O)(Oc1ccccc1C1CCCCC1)c1ccccc1C1CCCCC1. The molecule has 0 saturated heterocycles. The quantitative estimate of drug-likeness (QED) is 0.141. The summed E-state index contributed by atoms with van der Waals surface area (Å²) in [5.74, 6) is 1.68. The van der Waals surface area contributed by atoms with Gasteiger partial charge in [0.05, 0.1) is 11.9 Å². The number of benzene rings is 2. The maximum Gasteiger partial charge on any atom is 0.411 e. The van der Waals surface area contributed by atoms with Crippen LogP contribution in [0.25, 0.3) is 0 Å². The van der Waals surface area contributed by atoms with Crippen molar-refractivity contribution in [3.8, 4) is 5.75 Å². The first-order valence-corrected chi connectivity index (χ1v) is 18.4. The molecule has 0 heterocycles. The molecule has 2 fully saturated rings. The zero-order valence-corrected chi connectivity index (χ0v) is 26.2. The standard InChI is InChI=1S/C36H55O3P/c1-2-3-4-5-6-7-8-9-10-21-30-38-40(37,36-29-20-18-27-34(36)32-24-15-12-16-25-32)39-35-28-19-17-26-33(35)31-22-13-11-14-23-31/h17-20,26-29,31-32H,2-16,21-25,30H2,1H3. The fraction of sp³-hybridized carbons (Fsp3) is 0.667. The van der Waals surface area contributed by atoms with Crippen molar-refractivity contribution in [3.63, 3.8) is 0 Å². The minimum absolute atomic E-state index is 0.441. The minimum atomic E-state index is -3.55. The van der Waals surface area contributed by atoms with Crippen LogP contribution < -0.4 is 9.83 Å². The first-order chi connectivity index (χ1) is 19.7. The van der Waals surface area contributed by atoms with Crippen LogP contribution >= 0.6 is 7.60 Å². The molecule has 4 heteroatoms. The summed E-state index contributed by atoms with van der Waals surface area (Å²) < 4.78 is 27.9. The number of unbranched alkanes of at least 4 members (excludes halogenated alkanes) is 9. The van der Waals surface area contributed by atoms with Crippen molar-refractivity contribution in [1.29, 1.82) is 0 Å². The maximum atomic E-state index is 14.9. The Labute approximate surface area is 245 Å². The van der Waals surface area contributed by atoms with Gasteiger partial charge in [0.1, 0.15) is 5.75 Å². The number of rotatable bonds is 17. The molecule has 0 radical (unpaired) electrons. The van der Waals surface area contributed by atoms with E-state index in [9.17, 15) is 4.57 Å². The van der Waals surface area contributed by atoms with Crippen LogP contribution in [0.5, 0.6) is 5.75 Å². The molecule has 2 aliphatic rings. The first-order valence-electron chi connectivity index (χ1n) is 16.8. The Hall–Kier alpha value is -1.57. The molecule has 222 valence electrons. The van der Waals surface area contributed by atoms with Crippen molar-refractivity contribution < 1.29 is 13.6 Å². The predicted octanol–water partition coefficient (Wildman–Crippen LogP) is 11.6. The molecule has 0 amide bonds. The molecule has 0 bridgehead atoms. The fourth-order valence-corrected chi connectivity index (χ4v) is 8.79. The summed E-state index contributed by atoms with van der Waals surface area (Å²) in [7, 11) is -3.55. The smallest absolute Gasteiger partial charge is 0.411 e. The van der Waals surface area contributed by atoms with E-state index in [1.54, 1.807) is 0 Å². The van der Waals surface area contributed by atoms with Gasteiger partial charge < -0.3 is 4.52 Å². The third kappa shape index (κ3) is 9.49. The number of hydrogen-bond donors (Lipinski definition) is 0. The third-order valence-corrected chi connectivity index (χ3v) is 11.2. The van der Waals surface area contributed by atoms with Crippen molar-refractivity contribution >= 4 is 12.9 Å². The molecule has 0 N–H and O–H groups in total. The van der Waals surface area contributed by atoms with Gasteiger partial charge >= 0.3 is 7.60 Å². The van der Waals surface area contributed by atoms with Crippen molar-refractivity contribution in [2.24, 2.45) is 0 Å². The summed E-state index contributed by atoms with van der Waals surface area (Å²) in [5.41, 5.74) is 2.39. The van der Waals surface area contributed by atoms with Crippen LogP contribution in [0, 0.1) is 0 Å². The Morgan fingerprint density at radius 3 is 1.75 bits per heavy atom. The van der Waals surface area contributed by atoms with E-state index >= 15 is 0 Å². The second kappa shape index (κ2) is 17.4. The van der Waals surface area contributed by atoms with Gasteiger partial charge in [-0.25, -0.2) is 4.57 Å². The molecule has 3 nitrogen and oxygen atoms in total. The molecule has 1 unspecified atom stereocenters. The van der Waals surface area contributed by atoms with E-state index in [1.165, 1.54) is 114 Å². The predicted molar refractivity (Wildman–Crippen MR) is 170 cm³/mol. The highest BCUT2D eigenvalue weighted by molar-refractivity contribution is 7.62. The van der Waals surface area contributed by atoms with Crippen molar-refractivity contribution in [1.82, 2.24) is 0 Å². The van der Waals surface area contributed by atoms with Crippen LogP contribution in [0.4, 0.5) is 0 Å². The average Bonchev–Trinajstić information content (AvgIpc) is 3.01. The number of para-hydroxylation sites is 1. The van der Waals surface area contributed by atoms with Crippen LogP contribution in [0.15, 0.2) is 48.5 Å². The fourth-order valence-electron chi connectivity index (χ4n) is 6.86. The van der Waals surface area contributed by atoms with Gasteiger partial charge in [-0.15, -0.1) is 0 Å². The molecule has 2 aliphatic carbocycles. The number of hydrogen-bond acceptors (Lipinski definition) is 3. The van der Waals surface area contributed by atoms with Gasteiger partial charge in [0.2, 0.25) is 0 Å². The normalized spacial score (nSPS) is 18.4. The summed E-state index contributed by atoms with van der Waals surface area (Å²) in [4.78, 5) is 0. The molecular weight excluding hydrogens is 511 g/mol. The van der Waals surface area contributed by atoms with Crippen LogP contribution in [0.2, 0.25) is 0 Å². The lowest BCUT2D eigenvalue weighted by molar-refractivity contribution is 0.264. The van der Waals surface area contributed by atoms with Crippen molar-refractivity contribution in [3.05, 3.63) is 59.7 Å². The van der Waals surface area contributed by atoms with E-state index < -0.39 is 7.60 Å². The molecule has 0 aliphatic heterocycles. The van der Waals surface area contributed by atoms with Gasteiger partial charge in [0.25, 0.3) is 0 Å². The van der Waals surface area contributed by atoms with Crippen molar-refractivity contribution in [2.45, 2.75) is 147 Å². The Morgan fingerprint density at radius 1 is 0.625 bits per heavy atom. The molecular formula is C36H55O3P. The molecule has 0 aromatic heterocycles. The van der Waals surface area contributed by atoms with Crippen LogP contribution in [-0.2, 0) is 9.09 Å². The largest absolute Gasteiger partial charge is 0.421 e. The molecule has 2 aromatic rings. The molecule has 2 aromatic carbocycles. The van der Waals surface area contributed by atoms with E-state index in [0.717, 1.165) is 36.7 Å². The zero-order chi connectivity index (χ0) is 27.9. The van der Waals surface area contributed by atoms with Gasteiger partial charge in [0, 0.05) is 0 Å². The maximum absolute atomic E-state index is 14.9. The lowest BCUT2D eigenvalue weighted by atomic mass is 9.84. The van der Waals surface area contributed by atoms with E-state index in [2.05, 4.69) is 31.2 Å². The molecule has 40 heavy (non-hydrogen) atoms. The Balaban J connectivity index is 1.44. The second-order valence-electron chi connectivity index (χ2n) is 12.4. The zero-order valence-electron chi connectivity index (χ0n) is 25.3. The molecule has 0 spiro atoms. The lowest BCUT2D eigenvalue weighted by Gasteiger charge is -2.29. The van der Waals surface area contributed by atoms with Gasteiger partial charge in [-0.2, -0.15) is 0 Å². The monoisotopic (exact) mass is 566 g/mol. The minimum Gasteiger partial charge on any atom is -0.421 e.